The van der Waals surface area contributed by atoms with Crippen LogP contribution >= 0.6 is 0 Å². The van der Waals surface area contributed by atoms with Gasteiger partial charge in [0.2, 0.25) is 17.7 Å². The zero-order valence-electron chi connectivity index (χ0n) is 19.1. The van der Waals surface area contributed by atoms with Crippen LogP contribution in [-0.4, -0.2) is 85.7 Å². The fraction of sp³-hybridized carbons (Fsp3) is 0.364. The number of aromatic nitrogens is 2. The number of aliphatic carboxylic acids is 2. The number of carboxylic acid groups (broad SMARTS) is 2. The van der Waals surface area contributed by atoms with Crippen molar-refractivity contribution in [3.63, 3.8) is 0 Å². The first kappa shape index (κ1) is 27.9. The Morgan fingerprint density at radius 3 is 2.06 bits per heavy atom. The quantitative estimate of drug-likeness (QED) is 0.135. The molecule has 1 aromatic heterocycles. The fourth-order valence-electron chi connectivity index (χ4n) is 3.18. The third kappa shape index (κ3) is 8.81. The van der Waals surface area contributed by atoms with E-state index in [1.54, 1.807) is 30.3 Å². The normalized spacial score (nSPS) is 14.1. The summed E-state index contributed by atoms with van der Waals surface area (Å²) in [6.45, 7) is -0.949. The van der Waals surface area contributed by atoms with E-state index < -0.39 is 66.9 Å². The van der Waals surface area contributed by atoms with Crippen LogP contribution < -0.4 is 21.7 Å². The maximum absolute atomic E-state index is 13.1. The van der Waals surface area contributed by atoms with Gasteiger partial charge >= 0.3 is 11.9 Å². The summed E-state index contributed by atoms with van der Waals surface area (Å²) < 4.78 is 0. The molecule has 36 heavy (non-hydrogen) atoms. The monoisotopic (exact) mass is 504 g/mol. The van der Waals surface area contributed by atoms with E-state index in [0.717, 1.165) is 0 Å². The van der Waals surface area contributed by atoms with Gasteiger partial charge in [-0.3, -0.25) is 19.2 Å². The molecule has 4 atom stereocenters. The number of rotatable bonds is 14. The fourth-order valence-corrected chi connectivity index (χ4v) is 3.18. The number of carbonyl (C=O) groups is 5. The third-order valence-corrected chi connectivity index (χ3v) is 5.06. The van der Waals surface area contributed by atoms with Crippen molar-refractivity contribution in [3.8, 4) is 0 Å². The lowest BCUT2D eigenvalue weighted by atomic mass is 10.0. The molecule has 0 radical (unpaired) electrons. The van der Waals surface area contributed by atoms with Crippen LogP contribution in [-0.2, 0) is 36.8 Å². The summed E-state index contributed by atoms with van der Waals surface area (Å²) in [4.78, 5) is 67.3. The summed E-state index contributed by atoms with van der Waals surface area (Å²) in [5.74, 6) is -5.69. The van der Waals surface area contributed by atoms with Crippen LogP contribution in [0.5, 0.6) is 0 Å². The van der Waals surface area contributed by atoms with Gasteiger partial charge in [0.1, 0.15) is 18.1 Å². The molecule has 0 aliphatic rings. The first-order chi connectivity index (χ1) is 17.1. The van der Waals surface area contributed by atoms with Crippen LogP contribution in [0.15, 0.2) is 42.9 Å². The molecular weight excluding hydrogens is 476 g/mol. The number of hydrogen-bond acceptors (Lipinski definition) is 8. The van der Waals surface area contributed by atoms with Crippen molar-refractivity contribution in [1.29, 1.82) is 0 Å². The van der Waals surface area contributed by atoms with Crippen LogP contribution in [0.1, 0.15) is 17.7 Å². The van der Waals surface area contributed by atoms with E-state index in [4.69, 9.17) is 21.1 Å². The first-order valence-corrected chi connectivity index (χ1v) is 10.8. The number of aliphatic hydroxyl groups is 1. The minimum atomic E-state index is -1.70. The molecule has 194 valence electrons. The Labute approximate surface area is 205 Å². The lowest BCUT2D eigenvalue weighted by Gasteiger charge is -2.24. The average Bonchev–Trinajstić information content (AvgIpc) is 3.34. The number of carboxylic acids is 2. The van der Waals surface area contributed by atoms with Crippen molar-refractivity contribution in [2.45, 2.75) is 43.4 Å². The van der Waals surface area contributed by atoms with Gasteiger partial charge in [-0.1, -0.05) is 30.3 Å². The van der Waals surface area contributed by atoms with Gasteiger partial charge in [-0.15, -0.1) is 0 Å². The molecule has 2 rings (SSSR count). The summed E-state index contributed by atoms with van der Waals surface area (Å²) in [7, 11) is 0. The van der Waals surface area contributed by atoms with E-state index in [1.165, 1.54) is 12.5 Å². The molecule has 14 nitrogen and oxygen atoms in total. The molecule has 2 aromatic rings. The smallest absolute Gasteiger partial charge is 0.328 e. The maximum atomic E-state index is 13.1. The van der Waals surface area contributed by atoms with E-state index in [2.05, 4.69) is 20.6 Å². The Bertz CT molecular complexity index is 1050. The van der Waals surface area contributed by atoms with E-state index in [0.29, 0.717) is 11.3 Å². The third-order valence-electron chi connectivity index (χ3n) is 5.06. The van der Waals surface area contributed by atoms with Gasteiger partial charge in [-0.05, 0) is 5.56 Å². The molecule has 1 aromatic carbocycles. The van der Waals surface area contributed by atoms with Crippen molar-refractivity contribution in [2.75, 3.05) is 6.61 Å². The summed E-state index contributed by atoms with van der Waals surface area (Å²) in [6.07, 6.45) is 2.14. The number of carbonyl (C=O) groups excluding carboxylic acids is 3. The Kier molecular flexibility index (Phi) is 10.5. The number of aliphatic hydroxyl groups excluding tert-OH is 1. The molecule has 0 bridgehead atoms. The molecule has 4 unspecified atom stereocenters. The molecule has 14 heteroatoms. The lowest BCUT2D eigenvalue weighted by molar-refractivity contribution is -0.144. The molecular formula is C22H28N6O8. The number of H-pyrrole nitrogens is 1. The maximum Gasteiger partial charge on any atom is 0.328 e. The first-order valence-electron chi connectivity index (χ1n) is 10.8. The van der Waals surface area contributed by atoms with Crippen molar-refractivity contribution in [2.24, 2.45) is 5.73 Å². The Morgan fingerprint density at radius 2 is 1.50 bits per heavy atom. The second kappa shape index (κ2) is 13.6. The number of amides is 3. The molecule has 0 saturated carbocycles. The summed E-state index contributed by atoms with van der Waals surface area (Å²) in [6, 6.07) is 2.93. The van der Waals surface area contributed by atoms with Gasteiger partial charge in [-0.25, -0.2) is 9.78 Å². The predicted octanol–water partition coefficient (Wildman–Crippen LogP) is -2.47. The van der Waals surface area contributed by atoms with Crippen LogP contribution in [0.25, 0.3) is 0 Å². The summed E-state index contributed by atoms with van der Waals surface area (Å²) in [5, 5.41) is 34.0. The lowest BCUT2D eigenvalue weighted by Crippen LogP contribution is -2.58. The van der Waals surface area contributed by atoms with E-state index in [1.807, 2.05) is 5.32 Å². The molecule has 0 aliphatic carbocycles. The molecule has 0 saturated heterocycles. The summed E-state index contributed by atoms with van der Waals surface area (Å²) >= 11 is 0. The topological polar surface area (TPSA) is 237 Å². The van der Waals surface area contributed by atoms with Crippen LogP contribution in [0.2, 0.25) is 0 Å². The number of benzene rings is 1. The zero-order valence-corrected chi connectivity index (χ0v) is 19.1. The van der Waals surface area contributed by atoms with Crippen LogP contribution in [0.3, 0.4) is 0 Å². The Morgan fingerprint density at radius 1 is 0.889 bits per heavy atom. The van der Waals surface area contributed by atoms with Crippen molar-refractivity contribution in [3.05, 3.63) is 54.1 Å². The minimum Gasteiger partial charge on any atom is -0.481 e. The Hall–Kier alpha value is -4.30. The highest BCUT2D eigenvalue weighted by atomic mass is 16.4. The summed E-state index contributed by atoms with van der Waals surface area (Å²) in [5.41, 5.74) is 7.20. The van der Waals surface area contributed by atoms with Gasteiger partial charge in [0, 0.05) is 24.7 Å². The highest BCUT2D eigenvalue weighted by Crippen LogP contribution is 2.06. The van der Waals surface area contributed by atoms with Gasteiger partial charge in [0.15, 0.2) is 0 Å². The number of aromatic amines is 1. The van der Waals surface area contributed by atoms with Crippen molar-refractivity contribution in [1.82, 2.24) is 25.9 Å². The highest BCUT2D eigenvalue weighted by molar-refractivity contribution is 5.95. The van der Waals surface area contributed by atoms with Crippen LogP contribution in [0.4, 0.5) is 0 Å². The molecule has 3 amide bonds. The van der Waals surface area contributed by atoms with Gasteiger partial charge in [-0.2, -0.15) is 0 Å². The standard InChI is InChI=1S/C22H28N6O8/c23-14(7-13-9-24-11-25-13)19(32)26-15(6-12-4-2-1-3-5-12)20(33)27-16(8-18(30)31)21(34)28-17(10-29)22(35)36/h1-5,9,11,14-17,29H,6-8,10,23H2,(H,24,25)(H,26,32)(H,27,33)(H,28,34)(H,30,31)(H,35,36). The SMILES string of the molecule is NC(Cc1cnc[nH]1)C(=O)NC(Cc1ccccc1)C(=O)NC(CC(=O)O)C(=O)NC(CO)C(=O)O. The van der Waals surface area contributed by atoms with Crippen LogP contribution in [0, 0.1) is 0 Å². The van der Waals surface area contributed by atoms with Crippen molar-refractivity contribution >= 4 is 29.7 Å². The minimum absolute atomic E-state index is 0.00894. The molecule has 0 aliphatic heterocycles. The Balaban J connectivity index is 2.19. The van der Waals surface area contributed by atoms with Gasteiger partial charge in [0.05, 0.1) is 25.4 Å². The number of nitrogens with two attached hydrogens (primary N) is 1. The average molecular weight is 505 g/mol. The molecule has 0 spiro atoms. The van der Waals surface area contributed by atoms with E-state index in [-0.39, 0.29) is 12.8 Å². The molecule has 9 N–H and O–H groups in total. The highest BCUT2D eigenvalue weighted by Gasteiger charge is 2.31. The molecule has 0 fully saturated rings. The zero-order chi connectivity index (χ0) is 26.7. The molecule has 1 heterocycles. The van der Waals surface area contributed by atoms with E-state index >= 15 is 0 Å². The second-order valence-electron chi connectivity index (χ2n) is 7.88. The van der Waals surface area contributed by atoms with Crippen molar-refractivity contribution < 1.29 is 39.3 Å². The second-order valence-corrected chi connectivity index (χ2v) is 7.88. The van der Waals surface area contributed by atoms with Gasteiger partial charge in [0.25, 0.3) is 0 Å². The predicted molar refractivity (Wildman–Crippen MR) is 123 cm³/mol. The number of nitrogens with zero attached hydrogens (tertiary/aromatic N) is 1. The largest absolute Gasteiger partial charge is 0.481 e. The van der Waals surface area contributed by atoms with E-state index in [9.17, 15) is 24.0 Å². The number of hydrogen-bond donors (Lipinski definition) is 8. The number of nitrogens with one attached hydrogen (secondary N) is 4. The number of imidazole rings is 1. The van der Waals surface area contributed by atoms with Gasteiger partial charge < -0.3 is 42.0 Å².